The highest BCUT2D eigenvalue weighted by Gasteiger charge is 2.66. The van der Waals surface area contributed by atoms with Crippen LogP contribution in [0.25, 0.3) is 0 Å². The Labute approximate surface area is 219 Å². The van der Waals surface area contributed by atoms with Crippen molar-refractivity contribution in [1.82, 2.24) is 14.2 Å². The quantitative estimate of drug-likeness (QED) is 0.560. The van der Waals surface area contributed by atoms with Gasteiger partial charge in [-0.05, 0) is 43.2 Å². The number of guanidine groups is 1. The number of halogens is 2. The van der Waals surface area contributed by atoms with Crippen molar-refractivity contribution in [1.29, 1.82) is 0 Å². The smallest absolute Gasteiger partial charge is 0.247 e. The van der Waals surface area contributed by atoms with Gasteiger partial charge in [-0.15, -0.1) is 0 Å². The summed E-state index contributed by atoms with van der Waals surface area (Å²) in [6.45, 7) is 2.60. The number of pyridine rings is 1. The first kappa shape index (κ1) is 26.1. The zero-order chi connectivity index (χ0) is 27.3. The van der Waals surface area contributed by atoms with Crippen molar-refractivity contribution in [2.45, 2.75) is 36.5 Å². The Bertz CT molecular complexity index is 1490. The minimum Gasteiger partial charge on any atom is -0.369 e. The summed E-state index contributed by atoms with van der Waals surface area (Å²) in [5.74, 6) is -1.85. The van der Waals surface area contributed by atoms with Crippen molar-refractivity contribution in [2.24, 2.45) is 15.7 Å². The van der Waals surface area contributed by atoms with Crippen LogP contribution < -0.4 is 5.73 Å². The molecule has 0 radical (unpaired) electrons. The van der Waals surface area contributed by atoms with Crippen molar-refractivity contribution in [2.75, 3.05) is 26.7 Å². The molecule has 9 nitrogen and oxygen atoms in total. The van der Waals surface area contributed by atoms with Crippen LogP contribution in [0.15, 0.2) is 58.3 Å². The lowest BCUT2D eigenvalue weighted by molar-refractivity contribution is 0.0988. The summed E-state index contributed by atoms with van der Waals surface area (Å²) >= 11 is 0. The van der Waals surface area contributed by atoms with Crippen LogP contribution in [0.3, 0.4) is 0 Å². The molecule has 200 valence electrons. The van der Waals surface area contributed by atoms with Gasteiger partial charge in [0.15, 0.2) is 5.78 Å². The van der Waals surface area contributed by atoms with Gasteiger partial charge in [0.25, 0.3) is 0 Å². The predicted molar refractivity (Wildman–Crippen MR) is 139 cm³/mol. The highest BCUT2D eigenvalue weighted by molar-refractivity contribution is 7.91. The molecule has 0 saturated carbocycles. The fourth-order valence-electron chi connectivity index (χ4n) is 5.56. The van der Waals surface area contributed by atoms with Gasteiger partial charge in [-0.3, -0.25) is 19.7 Å². The number of likely N-dealkylation sites (tertiary alicyclic amines) is 1. The molecule has 0 amide bonds. The van der Waals surface area contributed by atoms with Crippen LogP contribution in [-0.2, 0) is 22.0 Å². The molecule has 1 saturated heterocycles. The second kappa shape index (κ2) is 9.35. The number of rotatable bonds is 6. The minimum atomic E-state index is -4.07. The number of carbonyl (C=O) groups is 1. The number of hydrogen-bond acceptors (Lipinski definition) is 8. The van der Waals surface area contributed by atoms with Gasteiger partial charge in [0, 0.05) is 51.3 Å². The summed E-state index contributed by atoms with van der Waals surface area (Å²) in [6, 6.07) is 6.56. The number of nitrogens with zero attached hydrogens (tertiary/aromatic N) is 5. The highest BCUT2D eigenvalue weighted by atomic mass is 32.2. The summed E-state index contributed by atoms with van der Waals surface area (Å²) in [4.78, 5) is 27.5. The van der Waals surface area contributed by atoms with Crippen molar-refractivity contribution in [3.05, 3.63) is 76.8 Å². The van der Waals surface area contributed by atoms with Gasteiger partial charge in [-0.2, -0.15) is 0 Å². The van der Waals surface area contributed by atoms with Gasteiger partial charge in [-0.25, -0.2) is 26.5 Å². The summed E-state index contributed by atoms with van der Waals surface area (Å²) in [6.07, 6.45) is 5.53. The molecule has 0 unspecified atom stereocenters. The maximum atomic E-state index is 15.5. The van der Waals surface area contributed by atoms with E-state index in [0.29, 0.717) is 18.7 Å². The van der Waals surface area contributed by atoms with Gasteiger partial charge in [0.2, 0.25) is 16.0 Å². The monoisotopic (exact) mass is 542 g/mol. The first-order chi connectivity index (χ1) is 18.0. The van der Waals surface area contributed by atoms with E-state index in [1.807, 2.05) is 11.0 Å². The zero-order valence-electron chi connectivity index (χ0n) is 21.1. The molecule has 2 atom stereocenters. The average molecular weight is 543 g/mol. The summed E-state index contributed by atoms with van der Waals surface area (Å²) in [7, 11) is -2.72. The Balaban J connectivity index is 1.55. The van der Waals surface area contributed by atoms with Crippen molar-refractivity contribution < 1.29 is 22.0 Å². The van der Waals surface area contributed by atoms with Crippen LogP contribution in [0.4, 0.5) is 8.78 Å². The molecule has 5 rings (SSSR count). The fraction of sp³-hybridized carbons (Fsp3) is 0.385. The molecular formula is C26H28F2N6O3S. The largest absolute Gasteiger partial charge is 0.369 e. The van der Waals surface area contributed by atoms with Crippen molar-refractivity contribution in [3.63, 3.8) is 0 Å². The third-order valence-corrected chi connectivity index (χ3v) is 10.4. The Morgan fingerprint density at radius 2 is 2.00 bits per heavy atom. The Hall–Kier alpha value is -3.51. The van der Waals surface area contributed by atoms with Crippen LogP contribution in [0.1, 0.15) is 41.4 Å². The molecule has 3 aliphatic rings. The van der Waals surface area contributed by atoms with Crippen LogP contribution in [0.2, 0.25) is 0 Å². The van der Waals surface area contributed by atoms with E-state index in [1.54, 1.807) is 13.1 Å². The molecule has 4 heterocycles. The van der Waals surface area contributed by atoms with E-state index in [2.05, 4.69) is 15.0 Å². The molecule has 2 N–H and O–H groups in total. The molecule has 3 aliphatic heterocycles. The van der Waals surface area contributed by atoms with E-state index in [9.17, 15) is 17.6 Å². The average Bonchev–Trinajstić information content (AvgIpc) is 3.55. The van der Waals surface area contributed by atoms with E-state index in [0.717, 1.165) is 28.7 Å². The SMILES string of the molecule is CN1C(N)=N[C@](C)(c2cc(CC(=O)c3ccc(F)cn3)ccc2F)[C@]2(CCN(CC3=CCC=N3)C2)S1(=O)=O. The summed E-state index contributed by atoms with van der Waals surface area (Å²) in [5.41, 5.74) is 5.90. The number of hydrogen-bond donors (Lipinski definition) is 1. The third kappa shape index (κ3) is 4.11. The molecule has 2 aromatic rings. The predicted octanol–water partition coefficient (Wildman–Crippen LogP) is 2.39. The molecule has 1 aromatic carbocycles. The Morgan fingerprint density at radius 1 is 1.21 bits per heavy atom. The molecule has 38 heavy (non-hydrogen) atoms. The van der Waals surface area contributed by atoms with Crippen LogP contribution in [0.5, 0.6) is 0 Å². The van der Waals surface area contributed by atoms with Crippen LogP contribution in [-0.4, -0.2) is 72.0 Å². The maximum Gasteiger partial charge on any atom is 0.247 e. The summed E-state index contributed by atoms with van der Waals surface area (Å²) in [5, 5.41) is 0. The van der Waals surface area contributed by atoms with Gasteiger partial charge in [0.05, 0.1) is 11.9 Å². The second-order valence-corrected chi connectivity index (χ2v) is 12.3. The zero-order valence-corrected chi connectivity index (χ0v) is 21.9. The minimum absolute atomic E-state index is 0.0365. The molecule has 12 heteroatoms. The number of allylic oxidation sites excluding steroid dienone is 1. The molecule has 0 bridgehead atoms. The number of nitrogens with two attached hydrogens (primary N) is 1. The number of aromatic nitrogens is 1. The second-order valence-electron chi connectivity index (χ2n) is 9.99. The molecule has 1 spiro atoms. The molecular weight excluding hydrogens is 514 g/mol. The number of Topliss-reactive ketones (excluding diaryl/α,β-unsaturated/α-hetero) is 1. The number of benzene rings is 1. The summed E-state index contributed by atoms with van der Waals surface area (Å²) < 4.78 is 56.2. The molecule has 1 aromatic heterocycles. The number of ketones is 1. The van der Waals surface area contributed by atoms with E-state index < -0.39 is 31.9 Å². The van der Waals surface area contributed by atoms with E-state index in [-0.39, 0.29) is 42.4 Å². The Kier molecular flexibility index (Phi) is 6.42. The fourth-order valence-corrected chi connectivity index (χ4v) is 7.73. The lowest BCUT2D eigenvalue weighted by Crippen LogP contribution is -2.66. The van der Waals surface area contributed by atoms with E-state index >= 15 is 4.39 Å². The Morgan fingerprint density at radius 3 is 2.68 bits per heavy atom. The van der Waals surface area contributed by atoms with Gasteiger partial charge >= 0.3 is 0 Å². The highest BCUT2D eigenvalue weighted by Crippen LogP contribution is 2.51. The normalized spacial score (nSPS) is 26.6. The van der Waals surface area contributed by atoms with E-state index in [1.165, 1.54) is 31.3 Å². The van der Waals surface area contributed by atoms with Gasteiger partial charge < -0.3 is 5.73 Å². The third-order valence-electron chi connectivity index (χ3n) is 7.75. The van der Waals surface area contributed by atoms with E-state index in [4.69, 9.17) is 5.73 Å². The van der Waals surface area contributed by atoms with Gasteiger partial charge in [-0.1, -0.05) is 12.1 Å². The number of sulfonamides is 1. The van der Waals surface area contributed by atoms with Gasteiger partial charge in [0.1, 0.15) is 27.6 Å². The topological polar surface area (TPSA) is 121 Å². The lowest BCUT2D eigenvalue weighted by atomic mass is 9.77. The van der Waals surface area contributed by atoms with Crippen molar-refractivity contribution >= 4 is 28.0 Å². The first-order valence-corrected chi connectivity index (χ1v) is 13.6. The number of carbonyl (C=O) groups excluding carboxylic acids is 1. The van der Waals surface area contributed by atoms with Crippen LogP contribution in [0, 0.1) is 11.6 Å². The lowest BCUT2D eigenvalue weighted by Gasteiger charge is -2.48. The first-order valence-electron chi connectivity index (χ1n) is 12.2. The van der Waals surface area contributed by atoms with Crippen molar-refractivity contribution in [3.8, 4) is 0 Å². The standard InChI is InChI=1S/C26H28F2N6O3S/c1-25(20-12-17(5-7-21(20)28)13-23(35)22-8-6-18(27)14-31-22)26(38(36,37)33(2)24(29)32-25)9-11-34(16-26)15-19-4-3-10-30-19/h4-8,10,12,14H,3,9,11,13,15-16H2,1-2H3,(H2,29,32)/t25-,26-/m1/s1. The van der Waals surface area contributed by atoms with Crippen LogP contribution >= 0.6 is 0 Å². The maximum absolute atomic E-state index is 15.5. The number of aliphatic imine (C=N–C) groups is 2. The molecule has 0 aliphatic carbocycles. The molecule has 1 fully saturated rings.